The van der Waals surface area contributed by atoms with Crippen molar-refractivity contribution in [3.05, 3.63) is 52.9 Å². The fourth-order valence-corrected chi connectivity index (χ4v) is 4.24. The topological polar surface area (TPSA) is 98.6 Å². The summed E-state index contributed by atoms with van der Waals surface area (Å²) in [7, 11) is 4.69. The number of hydrogen-bond acceptors (Lipinski definition) is 8. The highest BCUT2D eigenvalue weighted by Gasteiger charge is 2.20. The summed E-state index contributed by atoms with van der Waals surface area (Å²) in [6, 6.07) is 12.5. The fourth-order valence-electron chi connectivity index (χ4n) is 4.24. The maximum atomic E-state index is 11.5. The molecule has 0 heterocycles. The second kappa shape index (κ2) is 12.8. The number of anilines is 1. The minimum Gasteiger partial charge on any atom is -0.493 e. The first-order valence-electron chi connectivity index (χ1n) is 11.9. The van der Waals surface area contributed by atoms with Crippen LogP contribution in [0.15, 0.2) is 47.6 Å². The number of nitrogens with one attached hydrogen (secondary N) is 1. The molecule has 3 aromatic carbocycles. The molecule has 8 nitrogen and oxygen atoms in total. The van der Waals surface area contributed by atoms with Crippen molar-refractivity contribution in [2.24, 2.45) is 5.18 Å². The van der Waals surface area contributed by atoms with Crippen molar-refractivity contribution in [3.63, 3.8) is 0 Å². The largest absolute Gasteiger partial charge is 0.493 e. The van der Waals surface area contributed by atoms with Gasteiger partial charge in [0.25, 0.3) is 0 Å². The van der Waals surface area contributed by atoms with Gasteiger partial charge in [-0.3, -0.25) is 10.7 Å². The lowest BCUT2D eigenvalue weighted by molar-refractivity contribution is 0.188. The lowest BCUT2D eigenvalue weighted by Gasteiger charge is -2.22. The summed E-state index contributed by atoms with van der Waals surface area (Å²) in [4.78, 5) is 11.5. The van der Waals surface area contributed by atoms with Crippen LogP contribution in [0.3, 0.4) is 0 Å². The van der Waals surface area contributed by atoms with E-state index in [4.69, 9.17) is 18.9 Å². The molecule has 1 unspecified atom stereocenters. The summed E-state index contributed by atoms with van der Waals surface area (Å²) in [6.45, 7) is 2.19. The number of methoxy groups -OCH3 is 3. The Bertz CT molecular complexity index is 1110. The molecule has 0 spiro atoms. The number of rotatable bonds is 14. The summed E-state index contributed by atoms with van der Waals surface area (Å²) in [6.07, 6.45) is 6.16. The van der Waals surface area contributed by atoms with Gasteiger partial charge in [0, 0.05) is 22.9 Å². The lowest BCUT2D eigenvalue weighted by atomic mass is 9.97. The third-order valence-corrected chi connectivity index (χ3v) is 6.09. The van der Waals surface area contributed by atoms with E-state index in [-0.39, 0.29) is 6.10 Å². The van der Waals surface area contributed by atoms with E-state index in [1.165, 1.54) is 19.3 Å². The average Bonchev–Trinajstić information content (AvgIpc) is 2.90. The van der Waals surface area contributed by atoms with Crippen molar-refractivity contribution in [2.75, 3.05) is 26.8 Å². The van der Waals surface area contributed by atoms with Crippen LogP contribution < -0.4 is 24.4 Å². The third kappa shape index (κ3) is 6.14. The van der Waals surface area contributed by atoms with Crippen molar-refractivity contribution in [1.82, 2.24) is 0 Å². The number of hydrogen-bond donors (Lipinski definition) is 2. The van der Waals surface area contributed by atoms with Crippen molar-refractivity contribution in [3.8, 4) is 23.0 Å². The van der Waals surface area contributed by atoms with E-state index in [1.54, 1.807) is 45.6 Å². The second-order valence-electron chi connectivity index (χ2n) is 8.31. The van der Waals surface area contributed by atoms with Gasteiger partial charge < -0.3 is 18.9 Å². The van der Waals surface area contributed by atoms with Crippen LogP contribution in [-0.4, -0.2) is 26.5 Å². The monoisotopic (exact) mass is 482 g/mol. The van der Waals surface area contributed by atoms with E-state index in [1.807, 2.05) is 18.2 Å². The highest BCUT2D eigenvalue weighted by atomic mass is 16.5. The lowest BCUT2D eigenvalue weighted by Crippen LogP contribution is -2.09. The predicted molar refractivity (Wildman–Crippen MR) is 138 cm³/mol. The molecule has 2 N–H and O–H groups in total. The zero-order valence-electron chi connectivity index (χ0n) is 20.8. The Morgan fingerprint density at radius 2 is 1.60 bits per heavy atom. The van der Waals surface area contributed by atoms with Gasteiger partial charge in [-0.25, -0.2) is 0 Å². The van der Waals surface area contributed by atoms with E-state index in [0.717, 1.165) is 24.8 Å². The number of benzene rings is 3. The first-order valence-corrected chi connectivity index (χ1v) is 11.9. The molecular formula is C27H34N2O6. The molecule has 188 valence electrons. The van der Waals surface area contributed by atoms with E-state index in [2.05, 4.69) is 17.6 Å². The molecule has 8 heteroatoms. The molecule has 0 aromatic heterocycles. The highest BCUT2D eigenvalue weighted by Crippen LogP contribution is 2.43. The first-order chi connectivity index (χ1) is 17.1. The first kappa shape index (κ1) is 26.1. The summed E-state index contributed by atoms with van der Waals surface area (Å²) in [5, 5.41) is 14.0. The Labute approximate surface area is 206 Å². The summed E-state index contributed by atoms with van der Waals surface area (Å²) >= 11 is 0. The van der Waals surface area contributed by atoms with Gasteiger partial charge in [-0.1, -0.05) is 44.7 Å². The van der Waals surface area contributed by atoms with Crippen LogP contribution in [0.4, 0.5) is 11.4 Å². The third-order valence-electron chi connectivity index (χ3n) is 6.09. The molecule has 0 saturated carbocycles. The van der Waals surface area contributed by atoms with Crippen LogP contribution in [0.2, 0.25) is 0 Å². The number of fused-ring (bicyclic) bond motifs is 1. The van der Waals surface area contributed by atoms with Crippen molar-refractivity contribution in [1.29, 1.82) is 0 Å². The van der Waals surface area contributed by atoms with Gasteiger partial charge in [0.1, 0.15) is 17.5 Å². The van der Waals surface area contributed by atoms with Crippen molar-refractivity contribution >= 4 is 22.1 Å². The van der Waals surface area contributed by atoms with Crippen LogP contribution in [0.1, 0.15) is 57.1 Å². The minimum absolute atomic E-state index is 0.283. The Hall–Kier alpha value is -3.52. The maximum absolute atomic E-state index is 11.5. The number of ether oxygens (including phenoxy) is 4. The number of nitrogens with zero attached hydrogens (tertiary/aromatic N) is 1. The van der Waals surface area contributed by atoms with Crippen LogP contribution in [0, 0.1) is 4.91 Å². The Balaban J connectivity index is 2.00. The second-order valence-corrected chi connectivity index (χ2v) is 8.31. The maximum Gasteiger partial charge on any atom is 0.203 e. The van der Waals surface area contributed by atoms with Crippen molar-refractivity contribution in [2.45, 2.75) is 51.6 Å². The fraction of sp³-hybridized carbons (Fsp3) is 0.407. The van der Waals surface area contributed by atoms with Gasteiger partial charge >= 0.3 is 0 Å². The van der Waals surface area contributed by atoms with Gasteiger partial charge in [0.15, 0.2) is 11.5 Å². The summed E-state index contributed by atoms with van der Waals surface area (Å²) in [5.74, 6) is 2.09. The Morgan fingerprint density at radius 3 is 2.20 bits per heavy atom. The zero-order valence-corrected chi connectivity index (χ0v) is 20.8. The Morgan fingerprint density at radius 1 is 0.886 bits per heavy atom. The van der Waals surface area contributed by atoms with Crippen LogP contribution >= 0.6 is 0 Å². The minimum atomic E-state index is -0.283. The van der Waals surface area contributed by atoms with Crippen molar-refractivity contribution < 1.29 is 24.2 Å². The van der Waals surface area contributed by atoms with Gasteiger partial charge in [-0.15, -0.1) is 4.91 Å². The molecule has 0 amide bonds. The molecule has 3 aromatic rings. The highest BCUT2D eigenvalue weighted by molar-refractivity contribution is 6.01. The van der Waals surface area contributed by atoms with E-state index in [0.29, 0.717) is 45.1 Å². The predicted octanol–water partition coefficient (Wildman–Crippen LogP) is 7.55. The quantitative estimate of drug-likeness (QED) is 0.139. The molecule has 0 aliphatic carbocycles. The standard InChI is InChI=1S/C27H34N2O6/c1-5-6-7-8-9-10-24(35-19-16-25(32-2)27(34-4)26(17-19)33-3)18-11-12-20-21(15-18)23(29-31)14-13-22(20)28-30/h11-17,24,28,30H,5-10H2,1-4H3. The summed E-state index contributed by atoms with van der Waals surface area (Å²) < 4.78 is 22.9. The molecule has 3 rings (SSSR count). The zero-order chi connectivity index (χ0) is 25.2. The summed E-state index contributed by atoms with van der Waals surface area (Å²) in [5.41, 5.74) is 3.89. The Kier molecular flexibility index (Phi) is 9.55. The smallest absolute Gasteiger partial charge is 0.203 e. The molecular weight excluding hydrogens is 448 g/mol. The molecule has 1 atom stereocenters. The molecule has 0 saturated heterocycles. The van der Waals surface area contributed by atoms with Gasteiger partial charge in [0.2, 0.25) is 5.75 Å². The molecule has 0 radical (unpaired) electrons. The van der Waals surface area contributed by atoms with Crippen LogP contribution in [-0.2, 0) is 0 Å². The molecule has 0 bridgehead atoms. The molecule has 0 fully saturated rings. The van der Waals surface area contributed by atoms with Gasteiger partial charge in [0.05, 0.1) is 27.0 Å². The normalized spacial score (nSPS) is 11.7. The van der Waals surface area contributed by atoms with E-state index < -0.39 is 0 Å². The number of unbranched alkanes of at least 4 members (excludes halogenated alkanes) is 4. The molecule has 0 aliphatic rings. The number of nitroso groups, excluding NO2 is 1. The van der Waals surface area contributed by atoms with Gasteiger partial charge in [-0.2, -0.15) is 0 Å². The van der Waals surface area contributed by atoms with Gasteiger partial charge in [-0.05, 0) is 41.8 Å². The van der Waals surface area contributed by atoms with Crippen LogP contribution in [0.5, 0.6) is 23.0 Å². The SMILES string of the molecule is CCCCCCCC(Oc1cc(OC)c(OC)c(OC)c1)c1ccc2c(NO)ccc(N=O)c2c1. The molecule has 35 heavy (non-hydrogen) atoms. The van der Waals surface area contributed by atoms with E-state index in [9.17, 15) is 10.1 Å². The van der Waals surface area contributed by atoms with Crippen LogP contribution in [0.25, 0.3) is 10.8 Å². The average molecular weight is 483 g/mol. The van der Waals surface area contributed by atoms with E-state index >= 15 is 0 Å². The molecule has 0 aliphatic heterocycles.